The van der Waals surface area contributed by atoms with Gasteiger partial charge in [-0.25, -0.2) is 0 Å². The van der Waals surface area contributed by atoms with Crippen molar-refractivity contribution < 1.29 is 4.79 Å². The summed E-state index contributed by atoms with van der Waals surface area (Å²) in [6.07, 6.45) is 3.33. The van der Waals surface area contributed by atoms with Crippen molar-refractivity contribution in [1.82, 2.24) is 20.1 Å². The molecular weight excluding hydrogens is 228 g/mol. The number of aromatic nitrogens is 3. The molecule has 0 aliphatic rings. The van der Waals surface area contributed by atoms with Crippen LogP contribution in [-0.4, -0.2) is 20.7 Å². The zero-order chi connectivity index (χ0) is 11.5. The highest BCUT2D eigenvalue weighted by Crippen LogP contribution is 2.12. The van der Waals surface area contributed by atoms with Gasteiger partial charge in [-0.05, 0) is 12.1 Å². The van der Waals surface area contributed by atoms with E-state index < -0.39 is 0 Å². The Bertz CT molecular complexity index is 489. The number of carbonyl (C=O) groups is 1. The van der Waals surface area contributed by atoms with Gasteiger partial charge in [-0.3, -0.25) is 9.89 Å². The molecule has 5 nitrogen and oxygen atoms in total. The predicted octanol–water partition coefficient (Wildman–Crippen LogP) is 1.33. The summed E-state index contributed by atoms with van der Waals surface area (Å²) in [6, 6.07) is 3.43. The van der Waals surface area contributed by atoms with Gasteiger partial charge in [0, 0.05) is 19.4 Å². The van der Waals surface area contributed by atoms with Crippen LogP contribution in [0.5, 0.6) is 0 Å². The molecule has 0 bridgehead atoms. The Balaban J connectivity index is 2.01. The normalized spacial score (nSPS) is 10.4. The monoisotopic (exact) mass is 238 g/mol. The van der Waals surface area contributed by atoms with Crippen LogP contribution < -0.4 is 5.32 Å². The first-order valence-corrected chi connectivity index (χ1v) is 5.13. The van der Waals surface area contributed by atoms with E-state index in [0.717, 1.165) is 5.69 Å². The van der Waals surface area contributed by atoms with E-state index in [4.69, 9.17) is 11.6 Å². The second kappa shape index (κ2) is 4.40. The molecule has 2 aromatic heterocycles. The summed E-state index contributed by atoms with van der Waals surface area (Å²) in [6.45, 7) is 0.418. The van der Waals surface area contributed by atoms with Gasteiger partial charge >= 0.3 is 0 Å². The second-order valence-electron chi connectivity index (χ2n) is 3.42. The van der Waals surface area contributed by atoms with Crippen LogP contribution in [0.2, 0.25) is 5.02 Å². The maximum atomic E-state index is 11.7. The van der Waals surface area contributed by atoms with E-state index in [9.17, 15) is 4.79 Å². The lowest BCUT2D eigenvalue weighted by Crippen LogP contribution is -2.24. The van der Waals surface area contributed by atoms with Crippen LogP contribution in [0.3, 0.4) is 0 Å². The fraction of sp³-hybridized carbons (Fsp3) is 0.200. The Morgan fingerprint density at radius 2 is 2.50 bits per heavy atom. The maximum absolute atomic E-state index is 11.7. The molecule has 1 amide bonds. The van der Waals surface area contributed by atoms with E-state index in [1.54, 1.807) is 36.1 Å². The Morgan fingerprint density at radius 1 is 1.69 bits per heavy atom. The molecule has 2 heterocycles. The minimum atomic E-state index is -0.163. The Kier molecular flexibility index (Phi) is 2.96. The van der Waals surface area contributed by atoms with E-state index in [0.29, 0.717) is 17.3 Å². The van der Waals surface area contributed by atoms with Crippen LogP contribution in [-0.2, 0) is 13.6 Å². The summed E-state index contributed by atoms with van der Waals surface area (Å²) in [5.74, 6) is -0.163. The van der Waals surface area contributed by atoms with Gasteiger partial charge in [0.05, 0.1) is 17.3 Å². The number of aromatic amines is 1. The van der Waals surface area contributed by atoms with Crippen LogP contribution >= 0.6 is 11.6 Å². The number of aryl methyl sites for hydroxylation is 1. The lowest BCUT2D eigenvalue weighted by Gasteiger charge is -2.04. The first-order chi connectivity index (χ1) is 7.66. The highest BCUT2D eigenvalue weighted by molar-refractivity contribution is 6.31. The smallest absolute Gasteiger partial charge is 0.268 e. The molecule has 0 aromatic carbocycles. The molecule has 2 aromatic rings. The molecule has 0 saturated carbocycles. The zero-order valence-electron chi connectivity index (χ0n) is 8.70. The molecule has 2 N–H and O–H groups in total. The van der Waals surface area contributed by atoms with Crippen molar-refractivity contribution in [1.29, 1.82) is 0 Å². The molecule has 0 saturated heterocycles. The zero-order valence-corrected chi connectivity index (χ0v) is 9.45. The van der Waals surface area contributed by atoms with Gasteiger partial charge in [0.1, 0.15) is 5.69 Å². The van der Waals surface area contributed by atoms with Crippen molar-refractivity contribution >= 4 is 17.5 Å². The molecular formula is C10H11ClN4O. The van der Waals surface area contributed by atoms with Crippen LogP contribution in [0.4, 0.5) is 0 Å². The minimum absolute atomic E-state index is 0.163. The Morgan fingerprint density at radius 3 is 3.06 bits per heavy atom. The molecule has 0 atom stereocenters. The largest absolute Gasteiger partial charge is 0.345 e. The Hall–Kier alpha value is -1.75. The molecule has 16 heavy (non-hydrogen) atoms. The standard InChI is InChI=1S/C10H11ClN4O/c1-15-6-7(11)4-9(15)10(16)12-5-8-2-3-13-14-8/h2-4,6H,5H2,1H3,(H,12,16)(H,13,14). The first-order valence-electron chi connectivity index (χ1n) is 4.75. The molecule has 6 heteroatoms. The fourth-order valence-electron chi connectivity index (χ4n) is 1.40. The molecule has 0 aliphatic carbocycles. The fourth-order valence-corrected chi connectivity index (χ4v) is 1.65. The minimum Gasteiger partial charge on any atom is -0.345 e. The number of nitrogens with zero attached hydrogens (tertiary/aromatic N) is 2. The quantitative estimate of drug-likeness (QED) is 0.848. The number of amides is 1. The molecule has 0 aliphatic heterocycles. The number of rotatable bonds is 3. The summed E-state index contributed by atoms with van der Waals surface area (Å²) in [4.78, 5) is 11.7. The van der Waals surface area contributed by atoms with Crippen molar-refractivity contribution in [3.63, 3.8) is 0 Å². The summed E-state index contributed by atoms with van der Waals surface area (Å²) in [7, 11) is 1.77. The average molecular weight is 239 g/mol. The number of nitrogens with one attached hydrogen (secondary N) is 2. The summed E-state index contributed by atoms with van der Waals surface area (Å²) >= 11 is 5.79. The van der Waals surface area contributed by atoms with Gasteiger partial charge in [0.2, 0.25) is 0 Å². The van der Waals surface area contributed by atoms with E-state index in [2.05, 4.69) is 15.5 Å². The van der Waals surface area contributed by atoms with Gasteiger partial charge < -0.3 is 9.88 Å². The number of carbonyl (C=O) groups excluding carboxylic acids is 1. The van der Waals surface area contributed by atoms with Gasteiger partial charge in [-0.1, -0.05) is 11.6 Å². The van der Waals surface area contributed by atoms with Crippen molar-refractivity contribution in [2.24, 2.45) is 7.05 Å². The van der Waals surface area contributed by atoms with Gasteiger partial charge in [0.15, 0.2) is 0 Å². The van der Waals surface area contributed by atoms with E-state index in [1.165, 1.54) is 0 Å². The van der Waals surface area contributed by atoms with E-state index >= 15 is 0 Å². The van der Waals surface area contributed by atoms with Gasteiger partial charge in [0.25, 0.3) is 5.91 Å². The molecule has 84 valence electrons. The molecule has 2 rings (SSSR count). The summed E-state index contributed by atoms with van der Waals surface area (Å²) in [5, 5.41) is 9.87. The highest BCUT2D eigenvalue weighted by Gasteiger charge is 2.10. The van der Waals surface area contributed by atoms with Gasteiger partial charge in [-0.2, -0.15) is 5.10 Å². The van der Waals surface area contributed by atoms with E-state index in [-0.39, 0.29) is 5.91 Å². The lowest BCUT2D eigenvalue weighted by molar-refractivity contribution is 0.0942. The SMILES string of the molecule is Cn1cc(Cl)cc1C(=O)NCc1ccn[nH]1. The topological polar surface area (TPSA) is 62.7 Å². The van der Waals surface area contributed by atoms with Crippen molar-refractivity contribution in [3.8, 4) is 0 Å². The summed E-state index contributed by atoms with van der Waals surface area (Å²) < 4.78 is 1.69. The molecule has 0 unspecified atom stereocenters. The first kappa shape index (κ1) is 10.8. The number of hydrogen-bond donors (Lipinski definition) is 2. The van der Waals surface area contributed by atoms with Crippen molar-refractivity contribution in [2.75, 3.05) is 0 Å². The molecule has 0 spiro atoms. The lowest BCUT2D eigenvalue weighted by atomic mass is 10.3. The van der Waals surface area contributed by atoms with Crippen LogP contribution in [0, 0.1) is 0 Å². The molecule has 0 fully saturated rings. The summed E-state index contributed by atoms with van der Waals surface area (Å²) in [5.41, 5.74) is 1.39. The number of H-pyrrole nitrogens is 1. The van der Waals surface area contributed by atoms with Crippen LogP contribution in [0.25, 0.3) is 0 Å². The molecule has 0 radical (unpaired) electrons. The third-order valence-corrected chi connectivity index (χ3v) is 2.41. The predicted molar refractivity (Wildman–Crippen MR) is 60.2 cm³/mol. The average Bonchev–Trinajstić information content (AvgIpc) is 2.84. The highest BCUT2D eigenvalue weighted by atomic mass is 35.5. The van der Waals surface area contributed by atoms with Crippen LogP contribution in [0.1, 0.15) is 16.2 Å². The second-order valence-corrected chi connectivity index (χ2v) is 3.86. The van der Waals surface area contributed by atoms with Crippen molar-refractivity contribution in [3.05, 3.63) is 40.9 Å². The number of hydrogen-bond acceptors (Lipinski definition) is 2. The third kappa shape index (κ3) is 2.25. The third-order valence-electron chi connectivity index (χ3n) is 2.20. The maximum Gasteiger partial charge on any atom is 0.268 e. The van der Waals surface area contributed by atoms with Gasteiger partial charge in [-0.15, -0.1) is 0 Å². The van der Waals surface area contributed by atoms with E-state index in [1.807, 2.05) is 0 Å². The van der Waals surface area contributed by atoms with Crippen molar-refractivity contribution in [2.45, 2.75) is 6.54 Å². The Labute approximate surface area is 97.4 Å². The number of halogens is 1. The van der Waals surface area contributed by atoms with Crippen LogP contribution in [0.15, 0.2) is 24.5 Å².